The Bertz CT molecular complexity index is 502. The Hall–Kier alpha value is -1.40. The Morgan fingerprint density at radius 1 is 1.32 bits per heavy atom. The lowest BCUT2D eigenvalue weighted by Crippen LogP contribution is -2.41. The SMILES string of the molecule is Cc1cc(NC(=O)CN2CCOCC2)nn1C1CCCCC1. The van der Waals surface area contributed by atoms with Gasteiger partial charge in [0.1, 0.15) is 0 Å². The Morgan fingerprint density at radius 3 is 2.77 bits per heavy atom. The first-order chi connectivity index (χ1) is 10.7. The van der Waals surface area contributed by atoms with Crippen molar-refractivity contribution in [1.82, 2.24) is 14.7 Å². The van der Waals surface area contributed by atoms with Crippen LogP contribution in [0, 0.1) is 6.92 Å². The van der Waals surface area contributed by atoms with Crippen LogP contribution in [0.2, 0.25) is 0 Å². The van der Waals surface area contributed by atoms with Crippen LogP contribution in [0.25, 0.3) is 0 Å². The fraction of sp³-hybridized carbons (Fsp3) is 0.750. The maximum atomic E-state index is 12.1. The molecule has 2 aliphatic rings. The number of anilines is 1. The summed E-state index contributed by atoms with van der Waals surface area (Å²) in [6, 6.07) is 2.48. The van der Waals surface area contributed by atoms with Crippen molar-refractivity contribution >= 4 is 11.7 Å². The molecule has 1 saturated heterocycles. The lowest BCUT2D eigenvalue weighted by Gasteiger charge is -2.25. The van der Waals surface area contributed by atoms with Gasteiger partial charge in [-0.1, -0.05) is 19.3 Å². The van der Waals surface area contributed by atoms with Gasteiger partial charge in [0.15, 0.2) is 5.82 Å². The number of rotatable bonds is 4. The molecule has 1 saturated carbocycles. The van der Waals surface area contributed by atoms with Crippen LogP contribution in [0.15, 0.2) is 6.07 Å². The van der Waals surface area contributed by atoms with Gasteiger partial charge >= 0.3 is 0 Å². The van der Waals surface area contributed by atoms with Crippen molar-refractivity contribution in [3.8, 4) is 0 Å². The molecule has 1 aliphatic carbocycles. The van der Waals surface area contributed by atoms with E-state index in [1.165, 1.54) is 32.1 Å². The number of carbonyl (C=O) groups is 1. The molecular weight excluding hydrogens is 280 g/mol. The summed E-state index contributed by atoms with van der Waals surface area (Å²) in [6.45, 7) is 5.55. The number of ether oxygens (including phenoxy) is 1. The van der Waals surface area contributed by atoms with Gasteiger partial charge in [-0.2, -0.15) is 5.10 Å². The van der Waals surface area contributed by atoms with E-state index in [9.17, 15) is 4.79 Å². The van der Waals surface area contributed by atoms with E-state index in [1.807, 2.05) is 6.07 Å². The van der Waals surface area contributed by atoms with Crippen molar-refractivity contribution in [3.63, 3.8) is 0 Å². The number of aryl methyl sites for hydroxylation is 1. The standard InChI is InChI=1S/C16H26N4O2/c1-13-11-15(18-20(13)14-5-3-2-4-6-14)17-16(21)12-19-7-9-22-10-8-19/h11,14H,2-10,12H2,1H3,(H,17,18,21). The molecule has 1 aromatic rings. The normalized spacial score (nSPS) is 21.0. The van der Waals surface area contributed by atoms with E-state index in [1.54, 1.807) is 0 Å². The molecule has 0 unspecified atom stereocenters. The van der Waals surface area contributed by atoms with Crippen molar-refractivity contribution in [3.05, 3.63) is 11.8 Å². The summed E-state index contributed by atoms with van der Waals surface area (Å²) in [6.07, 6.45) is 6.29. The number of amides is 1. The van der Waals surface area contributed by atoms with Crippen molar-refractivity contribution in [1.29, 1.82) is 0 Å². The molecule has 0 aromatic carbocycles. The summed E-state index contributed by atoms with van der Waals surface area (Å²) in [5.74, 6) is 0.691. The Balaban J connectivity index is 1.56. The second kappa shape index (κ2) is 7.24. The van der Waals surface area contributed by atoms with Gasteiger partial charge in [-0.25, -0.2) is 0 Å². The molecule has 0 atom stereocenters. The van der Waals surface area contributed by atoms with Crippen LogP contribution >= 0.6 is 0 Å². The van der Waals surface area contributed by atoms with E-state index < -0.39 is 0 Å². The number of carbonyl (C=O) groups excluding carboxylic acids is 1. The zero-order valence-electron chi connectivity index (χ0n) is 13.4. The van der Waals surface area contributed by atoms with E-state index in [0.29, 0.717) is 31.6 Å². The molecule has 2 fully saturated rings. The maximum absolute atomic E-state index is 12.1. The number of nitrogens with one attached hydrogen (secondary N) is 1. The Kier molecular flexibility index (Phi) is 5.10. The molecule has 1 aromatic heterocycles. The van der Waals surface area contributed by atoms with Crippen LogP contribution < -0.4 is 5.32 Å². The molecule has 3 rings (SSSR count). The minimum absolute atomic E-state index is 0.00944. The highest BCUT2D eigenvalue weighted by Gasteiger charge is 2.19. The minimum atomic E-state index is 0.00944. The van der Waals surface area contributed by atoms with E-state index >= 15 is 0 Å². The van der Waals surface area contributed by atoms with Gasteiger partial charge in [0.2, 0.25) is 5.91 Å². The summed E-state index contributed by atoms with van der Waals surface area (Å²) >= 11 is 0. The summed E-state index contributed by atoms with van der Waals surface area (Å²) in [7, 11) is 0. The second-order valence-corrected chi connectivity index (χ2v) is 6.34. The van der Waals surface area contributed by atoms with Gasteiger partial charge in [-0.3, -0.25) is 14.4 Å². The number of hydrogen-bond acceptors (Lipinski definition) is 4. The smallest absolute Gasteiger partial charge is 0.239 e. The van der Waals surface area contributed by atoms with Crippen molar-refractivity contribution in [2.24, 2.45) is 0 Å². The minimum Gasteiger partial charge on any atom is -0.379 e. The highest BCUT2D eigenvalue weighted by Crippen LogP contribution is 2.29. The van der Waals surface area contributed by atoms with Crippen LogP contribution in [-0.4, -0.2) is 53.4 Å². The largest absolute Gasteiger partial charge is 0.379 e. The fourth-order valence-electron chi connectivity index (χ4n) is 3.39. The third kappa shape index (κ3) is 3.87. The van der Waals surface area contributed by atoms with Crippen molar-refractivity contribution < 1.29 is 9.53 Å². The lowest BCUT2D eigenvalue weighted by molar-refractivity contribution is -0.118. The summed E-state index contributed by atoms with van der Waals surface area (Å²) in [5.41, 5.74) is 1.13. The predicted octanol–water partition coefficient (Wildman–Crippen LogP) is 1.97. The zero-order valence-corrected chi connectivity index (χ0v) is 13.4. The molecule has 1 N–H and O–H groups in total. The third-order valence-electron chi connectivity index (χ3n) is 4.58. The topological polar surface area (TPSA) is 59.4 Å². The van der Waals surface area contributed by atoms with Crippen molar-refractivity contribution in [2.75, 3.05) is 38.2 Å². The van der Waals surface area contributed by atoms with Crippen LogP contribution in [0.5, 0.6) is 0 Å². The molecule has 22 heavy (non-hydrogen) atoms. The van der Waals surface area contributed by atoms with Gasteiger partial charge in [0.05, 0.1) is 25.8 Å². The van der Waals surface area contributed by atoms with Crippen molar-refractivity contribution in [2.45, 2.75) is 45.1 Å². The van der Waals surface area contributed by atoms with Crippen LogP contribution in [0.1, 0.15) is 43.8 Å². The molecule has 1 aliphatic heterocycles. The molecule has 6 heteroatoms. The molecule has 122 valence electrons. The predicted molar refractivity (Wildman–Crippen MR) is 85.0 cm³/mol. The highest BCUT2D eigenvalue weighted by atomic mass is 16.5. The first kappa shape index (κ1) is 15.5. The van der Waals surface area contributed by atoms with Gasteiger partial charge in [0.25, 0.3) is 0 Å². The van der Waals surface area contributed by atoms with Gasteiger partial charge in [-0.15, -0.1) is 0 Å². The van der Waals surface area contributed by atoms with E-state index in [4.69, 9.17) is 4.74 Å². The maximum Gasteiger partial charge on any atom is 0.239 e. The number of morpholine rings is 1. The summed E-state index contributed by atoms with van der Waals surface area (Å²) in [5, 5.41) is 7.54. The fourth-order valence-corrected chi connectivity index (χ4v) is 3.39. The molecule has 0 spiro atoms. The molecule has 1 amide bonds. The Labute approximate surface area is 131 Å². The zero-order chi connectivity index (χ0) is 15.4. The summed E-state index contributed by atoms with van der Waals surface area (Å²) < 4.78 is 7.40. The average molecular weight is 306 g/mol. The lowest BCUT2D eigenvalue weighted by atomic mass is 9.95. The molecular formula is C16H26N4O2. The van der Waals surface area contributed by atoms with E-state index in [-0.39, 0.29) is 5.91 Å². The van der Waals surface area contributed by atoms with Gasteiger partial charge in [-0.05, 0) is 19.8 Å². The number of aromatic nitrogens is 2. The van der Waals surface area contributed by atoms with E-state index in [0.717, 1.165) is 18.8 Å². The third-order valence-corrected chi connectivity index (χ3v) is 4.58. The Morgan fingerprint density at radius 2 is 2.05 bits per heavy atom. The molecule has 0 bridgehead atoms. The van der Waals surface area contributed by atoms with Crippen LogP contribution in [-0.2, 0) is 9.53 Å². The summed E-state index contributed by atoms with van der Waals surface area (Å²) in [4.78, 5) is 14.2. The first-order valence-electron chi connectivity index (χ1n) is 8.38. The molecule has 6 nitrogen and oxygen atoms in total. The molecule has 2 heterocycles. The quantitative estimate of drug-likeness (QED) is 0.924. The van der Waals surface area contributed by atoms with E-state index in [2.05, 4.69) is 26.9 Å². The van der Waals surface area contributed by atoms with Gasteiger partial charge < -0.3 is 10.1 Å². The van der Waals surface area contributed by atoms with Crippen LogP contribution in [0.4, 0.5) is 5.82 Å². The van der Waals surface area contributed by atoms with Gasteiger partial charge in [0, 0.05) is 24.8 Å². The monoisotopic (exact) mass is 306 g/mol. The highest BCUT2D eigenvalue weighted by molar-refractivity contribution is 5.91. The average Bonchev–Trinajstić information content (AvgIpc) is 2.89. The first-order valence-corrected chi connectivity index (χ1v) is 8.38. The number of hydrogen-bond donors (Lipinski definition) is 1. The molecule has 0 radical (unpaired) electrons. The number of nitrogens with zero attached hydrogens (tertiary/aromatic N) is 3. The van der Waals surface area contributed by atoms with Crippen LogP contribution in [0.3, 0.4) is 0 Å². The second-order valence-electron chi connectivity index (χ2n) is 6.34.